The highest BCUT2D eigenvalue weighted by molar-refractivity contribution is 8.01. The Bertz CT molecular complexity index is 1470. The van der Waals surface area contributed by atoms with Crippen LogP contribution in [0.15, 0.2) is 40.7 Å². The maximum Gasteiger partial charge on any atom is 0.411 e. The van der Waals surface area contributed by atoms with Crippen LogP contribution >= 0.6 is 23.5 Å². The number of aryl methyl sites for hydroxylation is 1. The normalized spacial score (nSPS) is 18.9. The van der Waals surface area contributed by atoms with Gasteiger partial charge in [0.1, 0.15) is 29.8 Å². The second-order valence-electron chi connectivity index (χ2n) is 8.93. The van der Waals surface area contributed by atoms with Crippen LogP contribution in [0.2, 0.25) is 0 Å². The van der Waals surface area contributed by atoms with Crippen LogP contribution in [0, 0.1) is 0 Å². The van der Waals surface area contributed by atoms with Crippen LogP contribution in [-0.2, 0) is 40.5 Å². The maximum atomic E-state index is 13.1. The van der Waals surface area contributed by atoms with Crippen molar-refractivity contribution >= 4 is 65.5 Å². The van der Waals surface area contributed by atoms with Crippen molar-refractivity contribution in [3.63, 3.8) is 0 Å². The van der Waals surface area contributed by atoms with Gasteiger partial charge in [0.05, 0.1) is 0 Å². The number of benzene rings is 1. The van der Waals surface area contributed by atoms with Crippen molar-refractivity contribution in [2.75, 3.05) is 23.4 Å². The van der Waals surface area contributed by atoms with Crippen LogP contribution in [0.25, 0.3) is 0 Å². The number of nitrogens with two attached hydrogens (primary N) is 1. The molecule has 43 heavy (non-hydrogen) atoms. The Labute approximate surface area is 250 Å². The van der Waals surface area contributed by atoms with Gasteiger partial charge in [-0.25, -0.2) is 14.3 Å². The van der Waals surface area contributed by atoms with E-state index in [4.69, 9.17) is 20.3 Å². The maximum absolute atomic E-state index is 13.1. The molecule has 18 nitrogen and oxygen atoms in total. The summed E-state index contributed by atoms with van der Waals surface area (Å²) < 4.78 is 11.1. The summed E-state index contributed by atoms with van der Waals surface area (Å²) in [5, 5.41) is 34.4. The molecule has 228 valence electrons. The number of carboxylic acid groups (broad SMARTS) is 2. The van der Waals surface area contributed by atoms with E-state index in [1.54, 1.807) is 7.05 Å². The molecule has 1 saturated heterocycles. The zero-order valence-corrected chi connectivity index (χ0v) is 23.7. The summed E-state index contributed by atoms with van der Waals surface area (Å²) in [5.74, 6) is -3.61. The predicted molar refractivity (Wildman–Crippen MR) is 146 cm³/mol. The molecule has 1 aromatic carbocycles. The predicted octanol–water partition coefficient (Wildman–Crippen LogP) is -1.08. The molecule has 2 aliphatic heterocycles. The van der Waals surface area contributed by atoms with Crippen LogP contribution in [0.1, 0.15) is 11.7 Å². The SMILES string of the molecule is Cn1nnnc1SCC1=C(C(=O)O)N2C(=O)[C@@H](NC(=O)[C@H](OC=O)c3ccc(NC(=O)OC[C@@H](N)C(=O)O)cc3)[C@@H]2SC1. The third-order valence-corrected chi connectivity index (χ3v) is 8.54. The molecule has 0 spiro atoms. The number of hydrogen-bond donors (Lipinski definition) is 5. The van der Waals surface area contributed by atoms with E-state index in [1.165, 1.54) is 52.5 Å². The Morgan fingerprint density at radius 2 is 1.98 bits per heavy atom. The number of carbonyl (C=O) groups is 6. The van der Waals surface area contributed by atoms with Gasteiger partial charge >= 0.3 is 18.0 Å². The minimum absolute atomic E-state index is 0.0611. The van der Waals surface area contributed by atoms with Gasteiger partial charge in [-0.3, -0.25) is 29.4 Å². The van der Waals surface area contributed by atoms with Crippen LogP contribution in [0.5, 0.6) is 0 Å². The third kappa shape index (κ3) is 7.04. The highest BCUT2D eigenvalue weighted by atomic mass is 32.2. The number of carboxylic acids is 2. The number of aliphatic carboxylic acids is 2. The molecule has 4 atom stereocenters. The number of ether oxygens (including phenoxy) is 2. The van der Waals surface area contributed by atoms with Gasteiger partial charge in [-0.05, 0) is 28.1 Å². The molecule has 0 radical (unpaired) electrons. The van der Waals surface area contributed by atoms with Crippen LogP contribution < -0.4 is 16.4 Å². The van der Waals surface area contributed by atoms with E-state index in [1.807, 2.05) is 0 Å². The van der Waals surface area contributed by atoms with Crippen molar-refractivity contribution in [3.8, 4) is 0 Å². The number of nitrogens with one attached hydrogen (secondary N) is 2. The molecule has 2 aromatic rings. The minimum Gasteiger partial charge on any atom is -0.480 e. The van der Waals surface area contributed by atoms with Gasteiger partial charge in [0.25, 0.3) is 18.3 Å². The van der Waals surface area contributed by atoms with E-state index < -0.39 is 60.0 Å². The second-order valence-corrected chi connectivity index (χ2v) is 11.0. The van der Waals surface area contributed by atoms with E-state index in [2.05, 4.69) is 26.2 Å². The molecule has 3 amide bonds. The quantitative estimate of drug-likeness (QED) is 0.0994. The van der Waals surface area contributed by atoms with E-state index in [0.717, 1.165) is 4.90 Å². The van der Waals surface area contributed by atoms with Crippen molar-refractivity contribution in [2.24, 2.45) is 12.8 Å². The Hall–Kier alpha value is -4.69. The number of nitrogens with zero attached hydrogens (tertiary/aromatic N) is 5. The van der Waals surface area contributed by atoms with Crippen molar-refractivity contribution in [1.82, 2.24) is 30.4 Å². The van der Waals surface area contributed by atoms with Crippen molar-refractivity contribution in [3.05, 3.63) is 41.1 Å². The topological polar surface area (TPSA) is 258 Å². The van der Waals surface area contributed by atoms with Gasteiger partial charge in [-0.1, -0.05) is 23.9 Å². The summed E-state index contributed by atoms with van der Waals surface area (Å²) in [4.78, 5) is 73.1. The van der Waals surface area contributed by atoms with Gasteiger partial charge < -0.3 is 30.7 Å². The first-order valence-corrected chi connectivity index (χ1v) is 14.2. The van der Waals surface area contributed by atoms with Crippen LogP contribution in [0.4, 0.5) is 10.5 Å². The molecule has 3 heterocycles. The highest BCUT2D eigenvalue weighted by Gasteiger charge is 2.54. The van der Waals surface area contributed by atoms with E-state index >= 15 is 0 Å². The summed E-state index contributed by atoms with van der Waals surface area (Å²) in [6.07, 6.45) is -2.44. The molecular formula is C23H24N8O10S2. The number of fused-ring (bicyclic) bond motifs is 1. The van der Waals surface area contributed by atoms with Gasteiger partial charge in [0.2, 0.25) is 11.3 Å². The Morgan fingerprint density at radius 1 is 1.26 bits per heavy atom. The molecule has 0 aliphatic carbocycles. The molecule has 1 aromatic heterocycles. The zero-order chi connectivity index (χ0) is 31.3. The lowest BCUT2D eigenvalue weighted by atomic mass is 10.0. The fraction of sp³-hybridized carbons (Fsp3) is 0.348. The molecular weight excluding hydrogens is 612 g/mol. The molecule has 0 saturated carbocycles. The fourth-order valence-electron chi connectivity index (χ4n) is 4.00. The summed E-state index contributed by atoms with van der Waals surface area (Å²) in [6, 6.07) is 3.02. The minimum atomic E-state index is -1.47. The van der Waals surface area contributed by atoms with Gasteiger partial charge in [-0.15, -0.1) is 16.9 Å². The molecule has 6 N–H and O–H groups in total. The van der Waals surface area contributed by atoms with Crippen LogP contribution in [-0.4, -0.2) is 107 Å². The summed E-state index contributed by atoms with van der Waals surface area (Å²) in [7, 11) is 1.64. The number of carbonyl (C=O) groups excluding carboxylic acids is 4. The smallest absolute Gasteiger partial charge is 0.411 e. The first-order valence-electron chi connectivity index (χ1n) is 12.2. The third-order valence-electron chi connectivity index (χ3n) is 6.11. The Kier molecular flexibility index (Phi) is 9.83. The lowest BCUT2D eigenvalue weighted by Gasteiger charge is -2.49. The molecule has 20 heteroatoms. The lowest BCUT2D eigenvalue weighted by molar-refractivity contribution is -0.154. The van der Waals surface area contributed by atoms with Crippen molar-refractivity contribution in [2.45, 2.75) is 28.7 Å². The molecule has 0 bridgehead atoms. The number of hydrogen-bond acceptors (Lipinski definition) is 14. The van der Waals surface area contributed by atoms with Gasteiger partial charge in [0, 0.05) is 29.8 Å². The molecule has 2 aliphatic rings. The standard InChI is InChI=1S/C23H24N8O10S2/c1-30-22(27-28-29-30)43-8-11-7-42-19-14(18(34)31(19)15(11)21(37)38)26-17(33)16(41-9-32)10-2-4-12(5-3-10)25-23(39)40-6-13(24)20(35)36/h2-5,9,13-14,16,19H,6-8,24H2,1H3,(H,25,39)(H,26,33)(H,35,36)(H,37,38)/t13-,14-,16-,19+/m1/s1. The average Bonchev–Trinajstić information content (AvgIpc) is 3.40. The van der Waals surface area contributed by atoms with Crippen LogP contribution in [0.3, 0.4) is 0 Å². The number of amides is 3. The highest BCUT2D eigenvalue weighted by Crippen LogP contribution is 2.41. The fourth-order valence-corrected chi connectivity index (χ4v) is 6.33. The van der Waals surface area contributed by atoms with E-state index in [0.29, 0.717) is 10.7 Å². The summed E-state index contributed by atoms with van der Waals surface area (Å²) in [5.41, 5.74) is 6.00. The van der Waals surface area contributed by atoms with E-state index in [-0.39, 0.29) is 34.9 Å². The molecule has 4 rings (SSSR count). The molecule has 1 fully saturated rings. The number of thioether (sulfide) groups is 2. The number of aromatic nitrogens is 4. The summed E-state index contributed by atoms with van der Waals surface area (Å²) in [6.45, 7) is -0.499. The van der Waals surface area contributed by atoms with Crippen molar-refractivity contribution < 1.29 is 48.5 Å². The average molecular weight is 637 g/mol. The number of rotatable bonds is 13. The second kappa shape index (κ2) is 13.5. The van der Waals surface area contributed by atoms with E-state index in [9.17, 15) is 33.9 Å². The largest absolute Gasteiger partial charge is 0.480 e. The monoisotopic (exact) mass is 636 g/mol. The van der Waals surface area contributed by atoms with Gasteiger partial charge in [-0.2, -0.15) is 0 Å². The van der Waals surface area contributed by atoms with Gasteiger partial charge in [0.15, 0.2) is 0 Å². The first-order chi connectivity index (χ1) is 20.5. The zero-order valence-electron chi connectivity index (χ0n) is 22.1. The van der Waals surface area contributed by atoms with Crippen molar-refractivity contribution in [1.29, 1.82) is 0 Å². The number of anilines is 1. The number of tetrazole rings is 1. The molecule has 0 unspecified atom stereocenters. The Morgan fingerprint density at radius 3 is 2.58 bits per heavy atom. The summed E-state index contributed by atoms with van der Waals surface area (Å²) >= 11 is 2.48. The Balaban J connectivity index is 1.39. The first kappa shape index (κ1) is 31.3. The number of β-lactam (4-membered cyclic amide) rings is 1. The lowest BCUT2D eigenvalue weighted by Crippen LogP contribution is -2.71.